The summed E-state index contributed by atoms with van der Waals surface area (Å²) in [5, 5.41) is 2.81. The van der Waals surface area contributed by atoms with Crippen LogP contribution in [0, 0.1) is 5.82 Å². The largest absolute Gasteiger partial charge is 0.345 e. The van der Waals surface area contributed by atoms with E-state index in [-0.39, 0.29) is 10.6 Å². The summed E-state index contributed by atoms with van der Waals surface area (Å²) >= 11 is 11.6. The number of nitrogens with one attached hydrogen (secondary N) is 1. The van der Waals surface area contributed by atoms with Crippen LogP contribution < -0.4 is 5.32 Å². The maximum atomic E-state index is 13.7. The summed E-state index contributed by atoms with van der Waals surface area (Å²) in [4.78, 5) is 12.1. The van der Waals surface area contributed by atoms with E-state index in [0.717, 1.165) is 25.7 Å². The van der Waals surface area contributed by atoms with Crippen molar-refractivity contribution in [2.75, 3.05) is 5.88 Å². The van der Waals surface area contributed by atoms with Gasteiger partial charge in [-0.05, 0) is 25.0 Å². The molecule has 1 aromatic carbocycles. The van der Waals surface area contributed by atoms with Crippen molar-refractivity contribution in [2.45, 2.75) is 31.2 Å². The van der Waals surface area contributed by atoms with Crippen molar-refractivity contribution in [1.29, 1.82) is 0 Å². The lowest BCUT2D eigenvalue weighted by Crippen LogP contribution is -2.48. The summed E-state index contributed by atoms with van der Waals surface area (Å²) in [5.41, 5.74) is -0.424. The molecule has 2 nitrogen and oxygen atoms in total. The molecule has 1 N–H and O–H groups in total. The molecule has 1 saturated carbocycles. The monoisotopic (exact) mass is 289 g/mol. The summed E-state index contributed by atoms with van der Waals surface area (Å²) in [6.07, 6.45) is 3.74. The number of carbonyl (C=O) groups excluding carboxylic acids is 1. The van der Waals surface area contributed by atoms with Gasteiger partial charge >= 0.3 is 0 Å². The van der Waals surface area contributed by atoms with Crippen molar-refractivity contribution in [3.05, 3.63) is 34.6 Å². The summed E-state index contributed by atoms with van der Waals surface area (Å²) < 4.78 is 13.7. The fraction of sp³-hybridized carbons (Fsp3) is 0.462. The highest BCUT2D eigenvalue weighted by atomic mass is 35.5. The molecule has 1 amide bonds. The van der Waals surface area contributed by atoms with E-state index >= 15 is 0 Å². The molecule has 0 bridgehead atoms. The van der Waals surface area contributed by atoms with Crippen LogP contribution in [-0.4, -0.2) is 17.3 Å². The number of halogens is 3. The Morgan fingerprint density at radius 3 is 2.67 bits per heavy atom. The van der Waals surface area contributed by atoms with E-state index in [1.54, 1.807) is 6.07 Å². The quantitative estimate of drug-likeness (QED) is 0.844. The maximum Gasteiger partial charge on any atom is 0.254 e. The van der Waals surface area contributed by atoms with Crippen LogP contribution in [0.1, 0.15) is 36.0 Å². The van der Waals surface area contributed by atoms with Gasteiger partial charge in [0, 0.05) is 5.88 Å². The Morgan fingerprint density at radius 2 is 2.06 bits per heavy atom. The van der Waals surface area contributed by atoms with Crippen LogP contribution in [0.2, 0.25) is 5.02 Å². The molecule has 0 saturated heterocycles. The van der Waals surface area contributed by atoms with E-state index in [1.165, 1.54) is 12.1 Å². The zero-order valence-corrected chi connectivity index (χ0v) is 11.3. The molecule has 98 valence electrons. The molecule has 2 rings (SSSR count). The van der Waals surface area contributed by atoms with E-state index in [4.69, 9.17) is 23.2 Å². The van der Waals surface area contributed by atoms with Crippen molar-refractivity contribution in [3.8, 4) is 0 Å². The molecule has 0 aromatic heterocycles. The first-order valence-corrected chi connectivity index (χ1v) is 6.82. The molecule has 5 heteroatoms. The lowest BCUT2D eigenvalue weighted by molar-refractivity contribution is 0.0905. The van der Waals surface area contributed by atoms with Gasteiger partial charge in [-0.15, -0.1) is 11.6 Å². The average molecular weight is 290 g/mol. The van der Waals surface area contributed by atoms with E-state index < -0.39 is 17.3 Å². The maximum absolute atomic E-state index is 13.7. The molecule has 18 heavy (non-hydrogen) atoms. The number of hydrogen-bond donors (Lipinski definition) is 1. The van der Waals surface area contributed by atoms with Crippen LogP contribution in [0.15, 0.2) is 18.2 Å². The first kappa shape index (κ1) is 13.6. The third kappa shape index (κ3) is 2.62. The SMILES string of the molecule is O=C(NC1(CCl)CCCC1)c1cccc(Cl)c1F. The topological polar surface area (TPSA) is 29.1 Å². The molecular weight excluding hydrogens is 276 g/mol. The van der Waals surface area contributed by atoms with Gasteiger partial charge in [0.1, 0.15) is 0 Å². The van der Waals surface area contributed by atoms with Crippen LogP contribution in [-0.2, 0) is 0 Å². The summed E-state index contributed by atoms with van der Waals surface area (Å²) in [6.45, 7) is 0. The van der Waals surface area contributed by atoms with E-state index in [2.05, 4.69) is 5.32 Å². The van der Waals surface area contributed by atoms with Gasteiger partial charge in [-0.2, -0.15) is 0 Å². The fourth-order valence-corrected chi connectivity index (χ4v) is 2.84. The number of hydrogen-bond acceptors (Lipinski definition) is 1. The second kappa shape index (κ2) is 5.45. The summed E-state index contributed by atoms with van der Waals surface area (Å²) in [5.74, 6) is -0.780. The number of rotatable bonds is 3. The van der Waals surface area contributed by atoms with Crippen molar-refractivity contribution < 1.29 is 9.18 Å². The fourth-order valence-electron chi connectivity index (χ4n) is 2.33. The van der Waals surface area contributed by atoms with Gasteiger partial charge in [-0.25, -0.2) is 4.39 Å². The smallest absolute Gasteiger partial charge is 0.254 e. The minimum Gasteiger partial charge on any atom is -0.345 e. The predicted molar refractivity (Wildman–Crippen MR) is 70.8 cm³/mol. The Morgan fingerprint density at radius 1 is 1.39 bits per heavy atom. The molecule has 0 atom stereocenters. The van der Waals surface area contributed by atoms with Crippen LogP contribution in [0.25, 0.3) is 0 Å². The zero-order valence-electron chi connectivity index (χ0n) is 9.81. The minimum absolute atomic E-state index is 0.0288. The summed E-state index contributed by atoms with van der Waals surface area (Å²) in [6, 6.07) is 4.40. The average Bonchev–Trinajstić information content (AvgIpc) is 2.81. The highest BCUT2D eigenvalue weighted by Gasteiger charge is 2.35. The van der Waals surface area contributed by atoms with Gasteiger partial charge in [0.15, 0.2) is 5.82 Å². The second-order valence-electron chi connectivity index (χ2n) is 4.68. The molecule has 0 heterocycles. The number of alkyl halides is 1. The molecule has 0 radical (unpaired) electrons. The van der Waals surface area contributed by atoms with Gasteiger partial charge in [-0.1, -0.05) is 30.5 Å². The van der Waals surface area contributed by atoms with Gasteiger partial charge in [0.25, 0.3) is 5.91 Å². The summed E-state index contributed by atoms with van der Waals surface area (Å²) in [7, 11) is 0. The number of amides is 1. The molecular formula is C13H14Cl2FNO. The molecule has 1 aliphatic rings. The minimum atomic E-state index is -0.681. The van der Waals surface area contributed by atoms with Crippen LogP contribution in [0.4, 0.5) is 4.39 Å². The zero-order chi connectivity index (χ0) is 13.2. The number of benzene rings is 1. The molecule has 0 spiro atoms. The van der Waals surface area contributed by atoms with Crippen molar-refractivity contribution >= 4 is 29.1 Å². The van der Waals surface area contributed by atoms with Crippen molar-refractivity contribution in [3.63, 3.8) is 0 Å². The number of carbonyl (C=O) groups is 1. The molecule has 1 aromatic rings. The Balaban J connectivity index is 2.19. The highest BCUT2D eigenvalue weighted by molar-refractivity contribution is 6.31. The van der Waals surface area contributed by atoms with E-state index in [9.17, 15) is 9.18 Å². The van der Waals surface area contributed by atoms with E-state index in [0.29, 0.717) is 5.88 Å². The van der Waals surface area contributed by atoms with Gasteiger partial charge in [0.2, 0.25) is 0 Å². The molecule has 0 aliphatic heterocycles. The Kier molecular flexibility index (Phi) is 4.13. The lowest BCUT2D eigenvalue weighted by atomic mass is 9.99. The normalized spacial score (nSPS) is 17.7. The van der Waals surface area contributed by atoms with Crippen molar-refractivity contribution in [2.24, 2.45) is 0 Å². The van der Waals surface area contributed by atoms with Gasteiger partial charge < -0.3 is 5.32 Å². The second-order valence-corrected chi connectivity index (χ2v) is 5.35. The lowest BCUT2D eigenvalue weighted by Gasteiger charge is -2.28. The van der Waals surface area contributed by atoms with Crippen LogP contribution in [0.3, 0.4) is 0 Å². The Bertz CT molecular complexity index is 458. The third-order valence-corrected chi connectivity index (χ3v) is 4.19. The van der Waals surface area contributed by atoms with Gasteiger partial charge in [0.05, 0.1) is 16.1 Å². The molecule has 1 fully saturated rings. The van der Waals surface area contributed by atoms with Gasteiger partial charge in [-0.3, -0.25) is 4.79 Å². The molecule has 0 unspecified atom stereocenters. The van der Waals surface area contributed by atoms with E-state index in [1.807, 2.05) is 0 Å². The molecule has 1 aliphatic carbocycles. The predicted octanol–water partition coefficient (Wildman–Crippen LogP) is 3.76. The first-order valence-electron chi connectivity index (χ1n) is 5.90. The van der Waals surface area contributed by atoms with Crippen LogP contribution >= 0.6 is 23.2 Å². The van der Waals surface area contributed by atoms with Crippen LogP contribution in [0.5, 0.6) is 0 Å². The standard InChI is InChI=1S/C13H14Cl2FNO/c14-8-13(6-1-2-7-13)17-12(18)9-4-3-5-10(15)11(9)16/h3-5H,1-2,6-8H2,(H,17,18). The van der Waals surface area contributed by atoms with Crippen molar-refractivity contribution in [1.82, 2.24) is 5.32 Å². The first-order chi connectivity index (χ1) is 8.58. The highest BCUT2D eigenvalue weighted by Crippen LogP contribution is 2.31. The Hall–Kier alpha value is -0.800. The Labute approximate surface area is 115 Å². The third-order valence-electron chi connectivity index (χ3n) is 3.39.